The van der Waals surface area contributed by atoms with Crippen LogP contribution in [0.3, 0.4) is 0 Å². The maximum absolute atomic E-state index is 12.0. The quantitative estimate of drug-likeness (QED) is 0.780. The number of nitrogens with one attached hydrogen (secondary N) is 1. The average molecular weight is 383 g/mol. The van der Waals surface area contributed by atoms with E-state index in [4.69, 9.17) is 0 Å². The molecule has 0 aliphatic carbocycles. The Bertz CT molecular complexity index is 645. The number of nitrogens with zero attached hydrogens (tertiary/aromatic N) is 3. The number of rotatable bonds is 6. The van der Waals surface area contributed by atoms with E-state index < -0.39 is 0 Å². The van der Waals surface area contributed by atoms with Crippen molar-refractivity contribution in [3.8, 4) is 0 Å². The topological polar surface area (TPSA) is 59.8 Å². The summed E-state index contributed by atoms with van der Waals surface area (Å²) in [5.41, 5.74) is 2.35. The van der Waals surface area contributed by atoms with Crippen LogP contribution in [0.1, 0.15) is 18.1 Å². The summed E-state index contributed by atoms with van der Waals surface area (Å²) in [6, 6.07) is 4.21. The standard InChI is InChI=1S/C15H19BrN4OS/c1-10-5-14(11(2)4-13(10)16)22-7-15(21)19-12(3)6-20-9-17-8-18-20/h4-5,8-9,12H,6-7H2,1-3H3,(H,19,21). The molecule has 0 aliphatic heterocycles. The van der Waals surface area contributed by atoms with Gasteiger partial charge in [-0.1, -0.05) is 15.9 Å². The Labute approximate surface area is 143 Å². The maximum atomic E-state index is 12.0. The van der Waals surface area contributed by atoms with Gasteiger partial charge in [0.1, 0.15) is 12.7 Å². The lowest BCUT2D eigenvalue weighted by atomic mass is 10.2. The van der Waals surface area contributed by atoms with Crippen LogP contribution >= 0.6 is 27.7 Å². The van der Waals surface area contributed by atoms with Gasteiger partial charge >= 0.3 is 0 Å². The zero-order chi connectivity index (χ0) is 16.1. The van der Waals surface area contributed by atoms with E-state index in [-0.39, 0.29) is 11.9 Å². The van der Waals surface area contributed by atoms with E-state index in [9.17, 15) is 4.79 Å². The number of hydrogen-bond acceptors (Lipinski definition) is 4. The van der Waals surface area contributed by atoms with Gasteiger partial charge in [-0.25, -0.2) is 4.98 Å². The molecule has 0 saturated heterocycles. The largest absolute Gasteiger partial charge is 0.351 e. The van der Waals surface area contributed by atoms with Crippen LogP contribution in [0.25, 0.3) is 0 Å². The van der Waals surface area contributed by atoms with E-state index in [0.717, 1.165) is 9.37 Å². The van der Waals surface area contributed by atoms with Crippen molar-refractivity contribution in [2.45, 2.75) is 38.3 Å². The van der Waals surface area contributed by atoms with Crippen molar-refractivity contribution in [1.29, 1.82) is 0 Å². The van der Waals surface area contributed by atoms with Gasteiger partial charge < -0.3 is 5.32 Å². The summed E-state index contributed by atoms with van der Waals surface area (Å²) in [7, 11) is 0. The number of benzene rings is 1. The molecule has 0 saturated carbocycles. The highest BCUT2D eigenvalue weighted by Gasteiger charge is 2.10. The van der Waals surface area contributed by atoms with E-state index in [1.165, 1.54) is 17.5 Å². The molecule has 5 nitrogen and oxygen atoms in total. The van der Waals surface area contributed by atoms with E-state index in [0.29, 0.717) is 12.3 Å². The summed E-state index contributed by atoms with van der Waals surface area (Å²) in [6.45, 7) is 6.68. The van der Waals surface area contributed by atoms with Gasteiger partial charge in [0.05, 0.1) is 12.3 Å². The molecule has 1 heterocycles. The van der Waals surface area contributed by atoms with Crippen molar-refractivity contribution in [2.24, 2.45) is 0 Å². The zero-order valence-corrected chi connectivity index (χ0v) is 15.2. The molecule has 1 N–H and O–H groups in total. The fraction of sp³-hybridized carbons (Fsp3) is 0.400. The molecule has 0 bridgehead atoms. The van der Waals surface area contributed by atoms with Crippen molar-refractivity contribution < 1.29 is 4.79 Å². The number of hydrogen-bond donors (Lipinski definition) is 1. The minimum atomic E-state index is 0.0163. The van der Waals surface area contributed by atoms with Gasteiger partial charge in [-0.15, -0.1) is 11.8 Å². The van der Waals surface area contributed by atoms with Crippen LogP contribution in [-0.4, -0.2) is 32.5 Å². The highest BCUT2D eigenvalue weighted by molar-refractivity contribution is 9.10. The third-order valence-electron chi connectivity index (χ3n) is 3.15. The summed E-state index contributed by atoms with van der Waals surface area (Å²) < 4.78 is 2.81. The first kappa shape index (κ1) is 17.0. The molecule has 1 unspecified atom stereocenters. The average Bonchev–Trinajstić information content (AvgIpc) is 2.94. The number of carbonyl (C=O) groups is 1. The second-order valence-electron chi connectivity index (χ2n) is 5.24. The Kier molecular flexibility index (Phi) is 6.02. The molecule has 2 rings (SSSR count). The molecule has 118 valence electrons. The molecule has 7 heteroatoms. The normalized spacial score (nSPS) is 12.2. The van der Waals surface area contributed by atoms with E-state index >= 15 is 0 Å². The summed E-state index contributed by atoms with van der Waals surface area (Å²) in [5.74, 6) is 0.432. The van der Waals surface area contributed by atoms with E-state index in [1.54, 1.807) is 22.8 Å². The predicted molar refractivity (Wildman–Crippen MR) is 92.0 cm³/mol. The van der Waals surface area contributed by atoms with Crippen LogP contribution in [-0.2, 0) is 11.3 Å². The van der Waals surface area contributed by atoms with Crippen LogP contribution in [0, 0.1) is 13.8 Å². The highest BCUT2D eigenvalue weighted by atomic mass is 79.9. The molecule has 2 aromatic rings. The van der Waals surface area contributed by atoms with Crippen molar-refractivity contribution in [1.82, 2.24) is 20.1 Å². The molecule has 1 aromatic heterocycles. The number of aryl methyl sites for hydroxylation is 2. The van der Waals surface area contributed by atoms with Gasteiger partial charge in [-0.05, 0) is 44.0 Å². The molecular weight excluding hydrogens is 364 g/mol. The number of thioether (sulfide) groups is 1. The molecule has 1 atom stereocenters. The van der Waals surface area contributed by atoms with Crippen molar-refractivity contribution in [3.05, 3.63) is 40.4 Å². The molecule has 0 radical (unpaired) electrons. The van der Waals surface area contributed by atoms with Gasteiger partial charge in [0.2, 0.25) is 5.91 Å². The Morgan fingerprint density at radius 1 is 1.41 bits per heavy atom. The lowest BCUT2D eigenvalue weighted by Gasteiger charge is -2.14. The van der Waals surface area contributed by atoms with Gasteiger partial charge in [-0.2, -0.15) is 5.10 Å². The Morgan fingerprint density at radius 2 is 2.18 bits per heavy atom. The highest BCUT2D eigenvalue weighted by Crippen LogP contribution is 2.28. The molecule has 0 spiro atoms. The molecule has 22 heavy (non-hydrogen) atoms. The van der Waals surface area contributed by atoms with Gasteiger partial charge in [-0.3, -0.25) is 9.48 Å². The summed E-state index contributed by atoms with van der Waals surface area (Å²) in [6.07, 6.45) is 3.13. The van der Waals surface area contributed by atoms with Gasteiger partial charge in [0, 0.05) is 15.4 Å². The molecule has 0 fully saturated rings. The Balaban J connectivity index is 1.84. The van der Waals surface area contributed by atoms with Crippen molar-refractivity contribution >= 4 is 33.6 Å². The van der Waals surface area contributed by atoms with E-state index in [2.05, 4.69) is 50.4 Å². The molecule has 1 aromatic carbocycles. The summed E-state index contributed by atoms with van der Waals surface area (Å²) >= 11 is 5.08. The van der Waals surface area contributed by atoms with Crippen LogP contribution in [0.15, 0.2) is 34.2 Å². The van der Waals surface area contributed by atoms with Crippen molar-refractivity contribution in [2.75, 3.05) is 5.75 Å². The Morgan fingerprint density at radius 3 is 2.86 bits per heavy atom. The maximum Gasteiger partial charge on any atom is 0.230 e. The fourth-order valence-electron chi connectivity index (χ4n) is 2.02. The van der Waals surface area contributed by atoms with Crippen molar-refractivity contribution in [3.63, 3.8) is 0 Å². The first-order valence-electron chi connectivity index (χ1n) is 6.97. The number of amides is 1. The first-order valence-corrected chi connectivity index (χ1v) is 8.75. The third kappa shape index (κ3) is 4.84. The minimum absolute atomic E-state index is 0.0163. The smallest absolute Gasteiger partial charge is 0.230 e. The summed E-state index contributed by atoms with van der Waals surface area (Å²) in [5, 5.41) is 7.01. The second-order valence-corrected chi connectivity index (χ2v) is 7.11. The molecular formula is C15H19BrN4OS. The van der Waals surface area contributed by atoms with Gasteiger partial charge in [0.25, 0.3) is 0 Å². The SMILES string of the molecule is Cc1cc(SCC(=O)NC(C)Cn2cncn2)c(C)cc1Br. The first-order chi connectivity index (χ1) is 10.5. The second kappa shape index (κ2) is 7.78. The van der Waals surface area contributed by atoms with Crippen LogP contribution in [0.4, 0.5) is 0 Å². The fourth-order valence-corrected chi connectivity index (χ4v) is 3.40. The summed E-state index contributed by atoms with van der Waals surface area (Å²) in [4.78, 5) is 17.1. The number of aromatic nitrogens is 3. The van der Waals surface area contributed by atoms with Crippen LogP contribution < -0.4 is 5.32 Å². The Hall–Kier alpha value is -1.34. The van der Waals surface area contributed by atoms with Gasteiger partial charge in [0.15, 0.2) is 0 Å². The number of halogens is 1. The van der Waals surface area contributed by atoms with Crippen LogP contribution in [0.5, 0.6) is 0 Å². The van der Waals surface area contributed by atoms with E-state index in [1.807, 2.05) is 13.8 Å². The predicted octanol–water partition coefficient (Wildman–Crippen LogP) is 2.95. The molecule has 1 amide bonds. The molecule has 0 aliphatic rings. The number of carbonyl (C=O) groups excluding carboxylic acids is 1. The monoisotopic (exact) mass is 382 g/mol. The third-order valence-corrected chi connectivity index (χ3v) is 5.16. The lowest BCUT2D eigenvalue weighted by Crippen LogP contribution is -2.36. The lowest BCUT2D eigenvalue weighted by molar-refractivity contribution is -0.119. The van der Waals surface area contributed by atoms with Crippen LogP contribution in [0.2, 0.25) is 0 Å². The minimum Gasteiger partial charge on any atom is -0.351 e. The zero-order valence-electron chi connectivity index (χ0n) is 12.8.